The predicted octanol–water partition coefficient (Wildman–Crippen LogP) is 7.37. The van der Waals surface area contributed by atoms with Gasteiger partial charge in [0.2, 0.25) is 5.91 Å². The normalized spacial score (nSPS) is 22.8. The molecule has 0 spiro atoms. The molecule has 4 aromatic rings. The summed E-state index contributed by atoms with van der Waals surface area (Å²) in [6.45, 7) is 11.9. The minimum absolute atomic E-state index is 0.321. The predicted molar refractivity (Wildman–Crippen MR) is 169 cm³/mol. The molecule has 41 heavy (non-hydrogen) atoms. The molecule has 1 N–H and O–H groups in total. The lowest BCUT2D eigenvalue weighted by Crippen LogP contribution is -2.45. The molecule has 3 saturated heterocycles. The summed E-state index contributed by atoms with van der Waals surface area (Å²) >= 11 is 1.79. The molecule has 3 fully saturated rings. The fraction of sp³-hybridized carbons (Fsp3) is 0.486. The monoisotopic (exact) mass is 566 g/mol. The van der Waals surface area contributed by atoms with Gasteiger partial charge in [-0.3, -0.25) is 9.78 Å². The van der Waals surface area contributed by atoms with Crippen molar-refractivity contribution in [3.05, 3.63) is 75.9 Å². The Morgan fingerprint density at radius 1 is 1.00 bits per heavy atom. The maximum Gasteiger partial charge on any atom is 0.233 e. The lowest BCUT2D eigenvalue weighted by Gasteiger charge is -2.31. The standard InChI is InChI=1S/C35H42N4OS/c1-22-17-23(2)19-26(18-22)32-29(12-16-38-15-11-25(21-38)24-9-13-36-14-10-24)30-20-31(41-33(30)37-32)35(3,4)34(40)39-27-5-6-28(39)8-7-27/h9-10,13-14,17-20,25,27-28,37H,5-8,11-12,15-16,21H2,1-4H3. The van der Waals surface area contributed by atoms with E-state index in [0.717, 1.165) is 26.1 Å². The number of pyridine rings is 1. The van der Waals surface area contributed by atoms with Crippen LogP contribution in [0, 0.1) is 13.8 Å². The maximum absolute atomic E-state index is 13.9. The minimum Gasteiger partial charge on any atom is -0.346 e. The van der Waals surface area contributed by atoms with Gasteiger partial charge in [0, 0.05) is 47.8 Å². The molecule has 7 rings (SSSR count). The third kappa shape index (κ3) is 4.83. The third-order valence-electron chi connectivity index (χ3n) is 10.1. The molecule has 1 aromatic carbocycles. The molecule has 0 aliphatic carbocycles. The molecule has 1 amide bonds. The zero-order valence-corrected chi connectivity index (χ0v) is 25.7. The van der Waals surface area contributed by atoms with Crippen molar-refractivity contribution in [2.75, 3.05) is 19.6 Å². The van der Waals surface area contributed by atoms with Gasteiger partial charge in [-0.25, -0.2) is 0 Å². The van der Waals surface area contributed by atoms with E-state index in [1.807, 2.05) is 12.4 Å². The number of H-pyrrole nitrogens is 1. The van der Waals surface area contributed by atoms with Crippen molar-refractivity contribution in [3.63, 3.8) is 0 Å². The van der Waals surface area contributed by atoms with E-state index in [1.54, 1.807) is 11.3 Å². The van der Waals surface area contributed by atoms with E-state index >= 15 is 0 Å². The number of hydrogen-bond acceptors (Lipinski definition) is 4. The largest absolute Gasteiger partial charge is 0.346 e. The van der Waals surface area contributed by atoms with E-state index in [9.17, 15) is 4.79 Å². The lowest BCUT2D eigenvalue weighted by atomic mass is 9.88. The first-order valence-electron chi connectivity index (χ1n) is 15.5. The molecule has 1 atom stereocenters. The quantitative estimate of drug-likeness (QED) is 0.254. The van der Waals surface area contributed by atoms with Gasteiger partial charge >= 0.3 is 0 Å². The van der Waals surface area contributed by atoms with Crippen LogP contribution in [-0.2, 0) is 16.6 Å². The topological polar surface area (TPSA) is 52.2 Å². The highest BCUT2D eigenvalue weighted by Gasteiger charge is 2.47. The van der Waals surface area contributed by atoms with Crippen LogP contribution in [0.4, 0.5) is 0 Å². The third-order valence-corrected chi connectivity index (χ3v) is 11.4. The molecular weight excluding hydrogens is 524 g/mol. The van der Waals surface area contributed by atoms with E-state index in [-0.39, 0.29) is 0 Å². The number of benzene rings is 1. The van der Waals surface area contributed by atoms with E-state index in [1.165, 1.54) is 80.7 Å². The number of fused-ring (bicyclic) bond motifs is 3. The summed E-state index contributed by atoms with van der Waals surface area (Å²) in [6, 6.07) is 14.5. The van der Waals surface area contributed by atoms with Crippen molar-refractivity contribution in [3.8, 4) is 11.3 Å². The van der Waals surface area contributed by atoms with Crippen LogP contribution in [-0.4, -0.2) is 57.4 Å². The second-order valence-corrected chi connectivity index (χ2v) is 14.4. The van der Waals surface area contributed by atoms with Crippen LogP contribution in [0.1, 0.15) is 79.0 Å². The highest BCUT2D eigenvalue weighted by atomic mass is 32.1. The Balaban J connectivity index is 1.19. The molecule has 3 aliphatic rings. The highest BCUT2D eigenvalue weighted by Crippen LogP contribution is 2.44. The smallest absolute Gasteiger partial charge is 0.233 e. The molecule has 3 aromatic heterocycles. The number of aromatic amines is 1. The highest BCUT2D eigenvalue weighted by molar-refractivity contribution is 7.19. The molecule has 1 unspecified atom stereocenters. The molecule has 6 heteroatoms. The summed E-state index contributed by atoms with van der Waals surface area (Å²) in [6.07, 6.45) is 10.7. The summed E-state index contributed by atoms with van der Waals surface area (Å²) in [5.74, 6) is 0.908. The van der Waals surface area contributed by atoms with Gasteiger partial charge in [-0.1, -0.05) is 17.2 Å². The average Bonchev–Trinajstić information content (AvgIpc) is 3.78. The van der Waals surface area contributed by atoms with Crippen molar-refractivity contribution >= 4 is 27.5 Å². The number of nitrogens with one attached hydrogen (secondary N) is 1. The summed E-state index contributed by atoms with van der Waals surface area (Å²) in [4.78, 5) is 29.2. The van der Waals surface area contributed by atoms with Gasteiger partial charge in [-0.2, -0.15) is 0 Å². The van der Waals surface area contributed by atoms with Crippen LogP contribution < -0.4 is 0 Å². The summed E-state index contributed by atoms with van der Waals surface area (Å²) in [5.41, 5.74) is 7.37. The van der Waals surface area contributed by atoms with Gasteiger partial charge in [-0.15, -0.1) is 11.3 Å². The fourth-order valence-corrected chi connectivity index (χ4v) is 9.03. The molecule has 0 saturated carbocycles. The van der Waals surface area contributed by atoms with Crippen LogP contribution in [0.2, 0.25) is 0 Å². The first kappa shape index (κ1) is 26.9. The Hall–Kier alpha value is -2.96. The van der Waals surface area contributed by atoms with Crippen LogP contribution in [0.25, 0.3) is 21.5 Å². The summed E-state index contributed by atoms with van der Waals surface area (Å²) in [7, 11) is 0. The number of rotatable bonds is 7. The van der Waals surface area contributed by atoms with E-state index in [4.69, 9.17) is 0 Å². The minimum atomic E-state index is -0.514. The van der Waals surface area contributed by atoms with Gasteiger partial charge in [0.15, 0.2) is 0 Å². The number of carbonyl (C=O) groups excluding carboxylic acids is 1. The lowest BCUT2D eigenvalue weighted by molar-refractivity contribution is -0.137. The second-order valence-electron chi connectivity index (χ2n) is 13.3. The number of aromatic nitrogens is 2. The first-order chi connectivity index (χ1) is 19.8. The van der Waals surface area contributed by atoms with E-state index < -0.39 is 5.41 Å². The number of aryl methyl sites for hydroxylation is 2. The number of carbonyl (C=O) groups is 1. The van der Waals surface area contributed by atoms with Gasteiger partial charge in [0.05, 0.1) is 11.1 Å². The number of thiophene rings is 1. The number of amides is 1. The van der Waals surface area contributed by atoms with Gasteiger partial charge in [0.25, 0.3) is 0 Å². The average molecular weight is 567 g/mol. The number of likely N-dealkylation sites (tertiary alicyclic amines) is 1. The van der Waals surface area contributed by atoms with Gasteiger partial charge in [0.1, 0.15) is 4.83 Å². The second kappa shape index (κ2) is 10.4. The first-order valence-corrected chi connectivity index (χ1v) is 16.3. The Kier molecular flexibility index (Phi) is 6.82. The van der Waals surface area contributed by atoms with Gasteiger partial charge in [-0.05, 0) is 126 Å². The van der Waals surface area contributed by atoms with Gasteiger partial charge < -0.3 is 14.8 Å². The van der Waals surface area contributed by atoms with E-state index in [0.29, 0.717) is 23.9 Å². The maximum atomic E-state index is 13.9. The van der Waals surface area contributed by atoms with Crippen LogP contribution >= 0.6 is 11.3 Å². The Morgan fingerprint density at radius 2 is 1.68 bits per heavy atom. The molecule has 5 nitrogen and oxygen atoms in total. The Morgan fingerprint density at radius 3 is 2.37 bits per heavy atom. The van der Waals surface area contributed by atoms with Crippen LogP contribution in [0.5, 0.6) is 0 Å². The number of hydrogen-bond donors (Lipinski definition) is 1. The Labute approximate surface area is 248 Å². The van der Waals surface area contributed by atoms with Crippen molar-refractivity contribution in [2.24, 2.45) is 0 Å². The molecule has 6 heterocycles. The van der Waals surface area contributed by atoms with Crippen molar-refractivity contribution in [1.82, 2.24) is 19.8 Å². The van der Waals surface area contributed by atoms with Crippen molar-refractivity contribution < 1.29 is 4.79 Å². The molecule has 3 aliphatic heterocycles. The molecule has 0 radical (unpaired) electrons. The zero-order chi connectivity index (χ0) is 28.3. The van der Waals surface area contributed by atoms with Crippen LogP contribution in [0.3, 0.4) is 0 Å². The molecular formula is C35H42N4OS. The van der Waals surface area contributed by atoms with E-state index in [2.05, 4.69) is 83.9 Å². The Bertz CT molecular complexity index is 1540. The fourth-order valence-electron chi connectivity index (χ4n) is 7.85. The van der Waals surface area contributed by atoms with Crippen molar-refractivity contribution in [2.45, 2.75) is 89.6 Å². The summed E-state index contributed by atoms with van der Waals surface area (Å²) in [5, 5.41) is 1.30. The van der Waals surface area contributed by atoms with Crippen molar-refractivity contribution in [1.29, 1.82) is 0 Å². The van der Waals surface area contributed by atoms with Crippen LogP contribution in [0.15, 0.2) is 48.8 Å². The molecule has 2 bridgehead atoms. The summed E-state index contributed by atoms with van der Waals surface area (Å²) < 4.78 is 0. The number of nitrogens with zero attached hydrogens (tertiary/aromatic N) is 3. The SMILES string of the molecule is Cc1cc(C)cc(-c2[nH]c3sc(C(C)(C)C(=O)N4C5CCC4CC5)cc3c2CCN2CCC(c3ccncc3)C2)c1. The molecule has 214 valence electrons. The zero-order valence-electron chi connectivity index (χ0n) is 24.9.